The van der Waals surface area contributed by atoms with Crippen LogP contribution in [0.5, 0.6) is 0 Å². The van der Waals surface area contributed by atoms with E-state index < -0.39 is 0 Å². The van der Waals surface area contributed by atoms with Crippen LogP contribution in [0.1, 0.15) is 59.3 Å². The van der Waals surface area contributed by atoms with Crippen molar-refractivity contribution in [3.63, 3.8) is 0 Å². The quantitative estimate of drug-likeness (QED) is 0.616. The van der Waals surface area contributed by atoms with E-state index in [-0.39, 0.29) is 11.8 Å². The number of aryl methyl sites for hydroxylation is 1. The molecule has 4 rings (SSSR count). The van der Waals surface area contributed by atoms with Gasteiger partial charge in [-0.15, -0.1) is 0 Å². The molecule has 0 atom stereocenters. The number of aromatic nitrogens is 2. The molecule has 2 N–H and O–H groups in total. The zero-order valence-electron chi connectivity index (χ0n) is 19.0. The Hall–Kier alpha value is -3.19. The van der Waals surface area contributed by atoms with Crippen molar-refractivity contribution in [3.8, 4) is 0 Å². The maximum absolute atomic E-state index is 12.9. The van der Waals surface area contributed by atoms with E-state index in [0.717, 1.165) is 42.8 Å². The van der Waals surface area contributed by atoms with E-state index in [2.05, 4.69) is 15.2 Å². The fourth-order valence-electron chi connectivity index (χ4n) is 4.47. The lowest BCUT2D eigenvalue weighted by atomic mass is 10.1. The molecule has 2 aromatic carbocycles. The summed E-state index contributed by atoms with van der Waals surface area (Å²) in [5, 5.41) is 6.35. The first-order valence-electron chi connectivity index (χ1n) is 11.4. The average Bonchev–Trinajstić information content (AvgIpc) is 3.15. The lowest BCUT2D eigenvalue weighted by molar-refractivity contribution is 0.0773. The van der Waals surface area contributed by atoms with Crippen LogP contribution in [-0.4, -0.2) is 52.4 Å². The summed E-state index contributed by atoms with van der Waals surface area (Å²) in [4.78, 5) is 31.9. The van der Waals surface area contributed by atoms with E-state index in [1.165, 1.54) is 0 Å². The third-order valence-corrected chi connectivity index (χ3v) is 6.24. The van der Waals surface area contributed by atoms with Crippen molar-refractivity contribution < 1.29 is 9.59 Å². The zero-order valence-corrected chi connectivity index (χ0v) is 19.0. The highest BCUT2D eigenvalue weighted by Crippen LogP contribution is 2.27. The van der Waals surface area contributed by atoms with Gasteiger partial charge >= 0.3 is 0 Å². The van der Waals surface area contributed by atoms with Crippen LogP contribution in [0.4, 0.5) is 5.69 Å². The lowest BCUT2D eigenvalue weighted by Gasteiger charge is -2.25. The van der Waals surface area contributed by atoms with Crippen LogP contribution in [0.3, 0.4) is 0 Å². The number of carbonyl (C=O) groups excluding carboxylic acids is 2. The summed E-state index contributed by atoms with van der Waals surface area (Å²) in [6.45, 7) is 9.29. The Morgan fingerprint density at radius 3 is 2.38 bits per heavy atom. The van der Waals surface area contributed by atoms with Crippen molar-refractivity contribution in [1.82, 2.24) is 19.8 Å². The van der Waals surface area contributed by atoms with Gasteiger partial charge in [-0.25, -0.2) is 4.98 Å². The Balaban J connectivity index is 1.53. The zero-order chi connectivity index (χ0) is 22.7. The van der Waals surface area contributed by atoms with Crippen molar-refractivity contribution in [1.29, 1.82) is 0 Å². The van der Waals surface area contributed by atoms with Crippen molar-refractivity contribution in [2.24, 2.45) is 0 Å². The van der Waals surface area contributed by atoms with Crippen LogP contribution in [0.15, 0.2) is 42.5 Å². The number of hydrogen-bond acceptors (Lipinski definition) is 4. The SMILES string of the molecule is CCN(CC)C(=O)c1ccc(NC(=O)c2ccc3nc(C)n(C4CCNCC4)c3c2)cc1. The van der Waals surface area contributed by atoms with Gasteiger partial charge in [0, 0.05) is 35.9 Å². The number of imidazole rings is 1. The molecule has 0 aliphatic carbocycles. The average molecular weight is 434 g/mol. The summed E-state index contributed by atoms with van der Waals surface area (Å²) in [7, 11) is 0. The van der Waals surface area contributed by atoms with E-state index in [1.54, 1.807) is 29.2 Å². The van der Waals surface area contributed by atoms with Crippen molar-refractivity contribution >= 4 is 28.5 Å². The fourth-order valence-corrected chi connectivity index (χ4v) is 4.47. The summed E-state index contributed by atoms with van der Waals surface area (Å²) in [6, 6.07) is 13.1. The van der Waals surface area contributed by atoms with Gasteiger partial charge in [0.05, 0.1) is 11.0 Å². The summed E-state index contributed by atoms with van der Waals surface area (Å²) in [6.07, 6.45) is 2.11. The van der Waals surface area contributed by atoms with Crippen LogP contribution in [-0.2, 0) is 0 Å². The van der Waals surface area contributed by atoms with Gasteiger partial charge in [-0.3, -0.25) is 9.59 Å². The molecule has 3 aromatic rings. The molecule has 0 unspecified atom stereocenters. The molecule has 1 aromatic heterocycles. The number of nitrogens with zero attached hydrogens (tertiary/aromatic N) is 3. The highest BCUT2D eigenvalue weighted by atomic mass is 16.2. The highest BCUT2D eigenvalue weighted by Gasteiger charge is 2.20. The first kappa shape index (κ1) is 22.0. The topological polar surface area (TPSA) is 79.3 Å². The van der Waals surface area contributed by atoms with Gasteiger partial charge in [-0.2, -0.15) is 0 Å². The van der Waals surface area contributed by atoms with E-state index >= 15 is 0 Å². The van der Waals surface area contributed by atoms with Crippen LogP contribution < -0.4 is 10.6 Å². The molecule has 7 nitrogen and oxygen atoms in total. The molecule has 32 heavy (non-hydrogen) atoms. The summed E-state index contributed by atoms with van der Waals surface area (Å²) >= 11 is 0. The molecule has 1 fully saturated rings. The Kier molecular flexibility index (Phi) is 6.55. The first-order chi connectivity index (χ1) is 15.5. The van der Waals surface area contributed by atoms with E-state index in [0.29, 0.717) is 35.9 Å². The minimum absolute atomic E-state index is 0.000118. The van der Waals surface area contributed by atoms with Gasteiger partial charge in [0.1, 0.15) is 5.82 Å². The molecule has 1 aliphatic heterocycles. The number of hydrogen-bond donors (Lipinski definition) is 2. The summed E-state index contributed by atoms with van der Waals surface area (Å²) < 4.78 is 2.28. The molecule has 1 saturated heterocycles. The van der Waals surface area contributed by atoms with E-state index in [9.17, 15) is 9.59 Å². The monoisotopic (exact) mass is 433 g/mol. The molecule has 2 amide bonds. The number of fused-ring (bicyclic) bond motifs is 1. The minimum Gasteiger partial charge on any atom is -0.339 e. The largest absolute Gasteiger partial charge is 0.339 e. The molecule has 168 valence electrons. The van der Waals surface area contributed by atoms with E-state index in [4.69, 9.17) is 4.98 Å². The molecule has 0 radical (unpaired) electrons. The number of nitrogens with one attached hydrogen (secondary N) is 2. The molecule has 7 heteroatoms. The van der Waals surface area contributed by atoms with Gasteiger partial charge in [0.15, 0.2) is 0 Å². The molecule has 2 heterocycles. The minimum atomic E-state index is -0.176. The second-order valence-electron chi connectivity index (χ2n) is 8.22. The molecular weight excluding hydrogens is 402 g/mol. The normalized spacial score (nSPS) is 14.5. The molecular formula is C25H31N5O2. The van der Waals surface area contributed by atoms with E-state index in [1.807, 2.05) is 39.0 Å². The standard InChI is InChI=1S/C25H31N5O2/c1-4-29(5-2)25(32)18-6-9-20(10-7-18)28-24(31)19-8-11-22-23(16-19)30(17(3)27-22)21-12-14-26-15-13-21/h6-11,16,21,26H,4-5,12-15H2,1-3H3,(H,28,31). The maximum atomic E-state index is 12.9. The first-order valence-corrected chi connectivity index (χ1v) is 11.4. The number of benzene rings is 2. The molecule has 0 spiro atoms. The number of anilines is 1. The van der Waals surface area contributed by atoms with Gasteiger partial charge < -0.3 is 20.1 Å². The number of carbonyl (C=O) groups is 2. The second kappa shape index (κ2) is 9.53. The van der Waals surface area contributed by atoms with Gasteiger partial charge in [0.2, 0.25) is 0 Å². The summed E-state index contributed by atoms with van der Waals surface area (Å²) in [5.74, 6) is 0.809. The summed E-state index contributed by atoms with van der Waals surface area (Å²) in [5.41, 5.74) is 3.79. The van der Waals surface area contributed by atoms with Crippen molar-refractivity contribution in [2.75, 3.05) is 31.5 Å². The Bertz CT molecular complexity index is 1110. The van der Waals surface area contributed by atoms with Crippen LogP contribution in [0.2, 0.25) is 0 Å². The van der Waals surface area contributed by atoms with Gasteiger partial charge in [-0.05, 0) is 89.2 Å². The fraction of sp³-hybridized carbons (Fsp3) is 0.400. The van der Waals surface area contributed by atoms with Gasteiger partial charge in [0.25, 0.3) is 11.8 Å². The smallest absolute Gasteiger partial charge is 0.255 e. The third-order valence-electron chi connectivity index (χ3n) is 6.24. The van der Waals surface area contributed by atoms with Gasteiger partial charge in [-0.1, -0.05) is 0 Å². The van der Waals surface area contributed by atoms with Crippen LogP contribution in [0.25, 0.3) is 11.0 Å². The predicted octanol–water partition coefficient (Wildman–Crippen LogP) is 4.00. The number of amides is 2. The Morgan fingerprint density at radius 2 is 1.72 bits per heavy atom. The van der Waals surface area contributed by atoms with Crippen molar-refractivity contribution in [2.45, 2.75) is 39.7 Å². The second-order valence-corrected chi connectivity index (χ2v) is 8.22. The number of piperidine rings is 1. The van der Waals surface area contributed by atoms with Crippen LogP contribution in [0, 0.1) is 6.92 Å². The Morgan fingerprint density at radius 1 is 1.06 bits per heavy atom. The predicted molar refractivity (Wildman–Crippen MR) is 127 cm³/mol. The third kappa shape index (κ3) is 4.39. The Labute approximate surface area is 188 Å². The molecule has 0 bridgehead atoms. The highest BCUT2D eigenvalue weighted by molar-refractivity contribution is 6.06. The molecule has 0 saturated carbocycles. The lowest BCUT2D eigenvalue weighted by Crippen LogP contribution is -2.30. The molecule has 1 aliphatic rings. The number of rotatable bonds is 6. The maximum Gasteiger partial charge on any atom is 0.255 e. The van der Waals surface area contributed by atoms with Crippen molar-refractivity contribution in [3.05, 3.63) is 59.4 Å². The van der Waals surface area contributed by atoms with Crippen LogP contribution >= 0.6 is 0 Å².